The van der Waals surface area contributed by atoms with Gasteiger partial charge in [-0.15, -0.1) is 0 Å². The number of benzene rings is 1. The minimum atomic E-state index is 0.785. The lowest BCUT2D eigenvalue weighted by molar-refractivity contribution is 0.966. The lowest BCUT2D eigenvalue weighted by atomic mass is 10.1. The fourth-order valence-corrected chi connectivity index (χ4v) is 2.87. The van der Waals surface area contributed by atoms with Crippen LogP contribution >= 0.6 is 11.8 Å². The third-order valence-electron chi connectivity index (χ3n) is 3.05. The Morgan fingerprint density at radius 3 is 2.71 bits per heavy atom. The van der Waals surface area contributed by atoms with Crippen molar-refractivity contribution in [3.05, 3.63) is 54.4 Å². The highest BCUT2D eigenvalue weighted by molar-refractivity contribution is 7.98. The van der Waals surface area contributed by atoms with Crippen LogP contribution in [0.5, 0.6) is 0 Å². The first-order valence-electron chi connectivity index (χ1n) is 6.89. The van der Waals surface area contributed by atoms with Gasteiger partial charge in [0.05, 0.1) is 5.52 Å². The molecule has 1 N–H and O–H groups in total. The molecule has 0 bridgehead atoms. The summed E-state index contributed by atoms with van der Waals surface area (Å²) < 4.78 is 0. The van der Waals surface area contributed by atoms with E-state index in [0.29, 0.717) is 0 Å². The van der Waals surface area contributed by atoms with E-state index in [4.69, 9.17) is 4.98 Å². The van der Waals surface area contributed by atoms with Crippen LogP contribution in [0.3, 0.4) is 0 Å². The Balaban J connectivity index is 1.90. The van der Waals surface area contributed by atoms with Crippen molar-refractivity contribution in [2.75, 3.05) is 11.9 Å². The van der Waals surface area contributed by atoms with E-state index in [1.54, 1.807) is 24.2 Å². The number of rotatable bonds is 5. The van der Waals surface area contributed by atoms with Crippen molar-refractivity contribution in [2.45, 2.75) is 17.8 Å². The highest BCUT2D eigenvalue weighted by Crippen LogP contribution is 2.26. The van der Waals surface area contributed by atoms with Gasteiger partial charge in [-0.1, -0.05) is 30.0 Å². The Morgan fingerprint density at radius 2 is 1.90 bits per heavy atom. The zero-order valence-corrected chi connectivity index (χ0v) is 12.6. The number of para-hydroxylation sites is 1. The third kappa shape index (κ3) is 3.31. The topological polar surface area (TPSA) is 50.7 Å². The van der Waals surface area contributed by atoms with Crippen molar-refractivity contribution in [2.24, 2.45) is 0 Å². The molecule has 0 amide bonds. The Labute approximate surface area is 128 Å². The van der Waals surface area contributed by atoms with Crippen molar-refractivity contribution in [1.29, 1.82) is 0 Å². The second-order valence-corrected chi connectivity index (χ2v) is 5.48. The molecule has 106 valence electrons. The highest BCUT2D eigenvalue weighted by atomic mass is 32.2. The highest BCUT2D eigenvalue weighted by Gasteiger charge is 2.07. The van der Waals surface area contributed by atoms with Crippen LogP contribution in [0, 0.1) is 0 Å². The molecule has 2 heterocycles. The van der Waals surface area contributed by atoms with Crippen molar-refractivity contribution in [3.8, 4) is 0 Å². The standard InChI is InChI=1S/C16H16N4S/c1-2-17-15-13(11-21-16-18-8-5-9-19-16)10-12-6-3-4-7-14(12)20-15/h3-10H,2,11H2,1H3,(H,17,20). The monoisotopic (exact) mass is 296 g/mol. The number of fused-ring (bicyclic) bond motifs is 1. The van der Waals surface area contributed by atoms with Crippen LogP contribution in [-0.2, 0) is 5.75 Å². The first-order chi connectivity index (χ1) is 10.4. The molecule has 0 atom stereocenters. The summed E-state index contributed by atoms with van der Waals surface area (Å²) in [5.41, 5.74) is 2.19. The van der Waals surface area contributed by atoms with E-state index in [1.165, 1.54) is 5.56 Å². The van der Waals surface area contributed by atoms with Crippen LogP contribution in [0.25, 0.3) is 10.9 Å². The molecule has 0 spiro atoms. The normalized spacial score (nSPS) is 10.7. The van der Waals surface area contributed by atoms with Gasteiger partial charge < -0.3 is 5.32 Å². The number of hydrogen-bond acceptors (Lipinski definition) is 5. The van der Waals surface area contributed by atoms with Crippen molar-refractivity contribution < 1.29 is 0 Å². The average molecular weight is 296 g/mol. The van der Waals surface area contributed by atoms with Gasteiger partial charge in [0.15, 0.2) is 5.16 Å². The van der Waals surface area contributed by atoms with E-state index in [0.717, 1.165) is 34.2 Å². The summed E-state index contributed by atoms with van der Waals surface area (Å²) in [6.45, 7) is 2.93. The number of nitrogens with one attached hydrogen (secondary N) is 1. The molecule has 0 saturated carbocycles. The number of aromatic nitrogens is 3. The predicted octanol–water partition coefficient (Wildman–Crippen LogP) is 3.75. The fourth-order valence-electron chi connectivity index (χ4n) is 2.09. The van der Waals surface area contributed by atoms with E-state index < -0.39 is 0 Å². The lowest BCUT2D eigenvalue weighted by Gasteiger charge is -2.11. The maximum Gasteiger partial charge on any atom is 0.187 e. The minimum absolute atomic E-state index is 0.785. The molecule has 0 aliphatic rings. The van der Waals surface area contributed by atoms with E-state index in [9.17, 15) is 0 Å². The third-order valence-corrected chi connectivity index (χ3v) is 3.97. The average Bonchev–Trinajstić information content (AvgIpc) is 2.54. The molecular weight excluding hydrogens is 280 g/mol. The van der Waals surface area contributed by atoms with Crippen molar-refractivity contribution in [3.63, 3.8) is 0 Å². The zero-order valence-electron chi connectivity index (χ0n) is 11.8. The second kappa shape index (κ2) is 6.54. The SMILES string of the molecule is CCNc1nc2ccccc2cc1CSc1ncccn1. The van der Waals surface area contributed by atoms with E-state index in [1.807, 2.05) is 24.3 Å². The first-order valence-corrected chi connectivity index (χ1v) is 7.87. The Hall–Kier alpha value is -2.14. The molecule has 4 nitrogen and oxygen atoms in total. The summed E-state index contributed by atoms with van der Waals surface area (Å²) in [4.78, 5) is 13.2. The molecule has 0 aliphatic carbocycles. The quantitative estimate of drug-likeness (QED) is 0.574. The maximum atomic E-state index is 4.71. The maximum absolute atomic E-state index is 4.71. The largest absolute Gasteiger partial charge is 0.370 e. The van der Waals surface area contributed by atoms with Crippen molar-refractivity contribution >= 4 is 28.5 Å². The van der Waals surface area contributed by atoms with Crippen LogP contribution in [0.1, 0.15) is 12.5 Å². The Kier molecular flexibility index (Phi) is 4.31. The van der Waals surface area contributed by atoms with Gasteiger partial charge in [0.2, 0.25) is 0 Å². The summed E-state index contributed by atoms with van der Waals surface area (Å²) in [7, 11) is 0. The molecular formula is C16H16N4S. The molecule has 0 aliphatic heterocycles. The van der Waals surface area contributed by atoms with Gasteiger partial charge >= 0.3 is 0 Å². The van der Waals surface area contributed by atoms with Crippen LogP contribution in [0.4, 0.5) is 5.82 Å². The molecule has 3 aromatic rings. The van der Waals surface area contributed by atoms with Crippen LogP contribution in [-0.4, -0.2) is 21.5 Å². The van der Waals surface area contributed by atoms with Crippen LogP contribution < -0.4 is 5.32 Å². The van der Waals surface area contributed by atoms with Crippen LogP contribution in [0.15, 0.2) is 53.9 Å². The van der Waals surface area contributed by atoms with E-state index in [2.05, 4.69) is 34.3 Å². The van der Waals surface area contributed by atoms with Gasteiger partial charge in [-0.3, -0.25) is 0 Å². The van der Waals surface area contributed by atoms with Crippen LogP contribution in [0.2, 0.25) is 0 Å². The summed E-state index contributed by atoms with van der Waals surface area (Å²) in [5.74, 6) is 1.74. The first kappa shape index (κ1) is 13.8. The predicted molar refractivity (Wildman–Crippen MR) is 87.5 cm³/mol. The molecule has 21 heavy (non-hydrogen) atoms. The summed E-state index contributed by atoms with van der Waals surface area (Å²) in [5, 5.41) is 5.28. The van der Waals surface area contributed by atoms with Gasteiger partial charge in [-0.2, -0.15) is 0 Å². The molecule has 1 aromatic carbocycles. The Bertz CT molecular complexity index is 731. The summed E-state index contributed by atoms with van der Waals surface area (Å²) >= 11 is 1.62. The minimum Gasteiger partial charge on any atom is -0.370 e. The zero-order chi connectivity index (χ0) is 14.5. The molecule has 0 fully saturated rings. The molecule has 5 heteroatoms. The lowest BCUT2D eigenvalue weighted by Crippen LogP contribution is -2.03. The Morgan fingerprint density at radius 1 is 1.10 bits per heavy atom. The van der Waals surface area contributed by atoms with Gasteiger partial charge in [0.25, 0.3) is 0 Å². The summed E-state index contributed by atoms with van der Waals surface area (Å²) in [6, 6.07) is 12.2. The van der Waals surface area contributed by atoms with Gasteiger partial charge in [-0.25, -0.2) is 15.0 Å². The molecule has 0 radical (unpaired) electrons. The molecule has 0 saturated heterocycles. The van der Waals surface area contributed by atoms with E-state index in [-0.39, 0.29) is 0 Å². The summed E-state index contributed by atoms with van der Waals surface area (Å²) in [6.07, 6.45) is 3.53. The molecule has 3 rings (SSSR count). The number of thioether (sulfide) groups is 1. The fraction of sp³-hybridized carbons (Fsp3) is 0.188. The molecule has 2 aromatic heterocycles. The number of pyridine rings is 1. The van der Waals surface area contributed by atoms with Crippen molar-refractivity contribution in [1.82, 2.24) is 15.0 Å². The van der Waals surface area contributed by atoms with E-state index >= 15 is 0 Å². The van der Waals surface area contributed by atoms with Gasteiger partial charge in [0.1, 0.15) is 5.82 Å². The number of anilines is 1. The van der Waals surface area contributed by atoms with Gasteiger partial charge in [0, 0.05) is 35.6 Å². The second-order valence-electron chi connectivity index (χ2n) is 4.54. The smallest absolute Gasteiger partial charge is 0.187 e. The molecule has 0 unspecified atom stereocenters. The number of hydrogen-bond donors (Lipinski definition) is 1. The number of nitrogens with zero attached hydrogens (tertiary/aromatic N) is 3. The van der Waals surface area contributed by atoms with Gasteiger partial charge in [-0.05, 0) is 25.1 Å².